The largest absolute Gasteiger partial charge is 0.493 e. The Balaban J connectivity index is 2.04. The van der Waals surface area contributed by atoms with Gasteiger partial charge in [-0.05, 0) is 17.7 Å². The molecule has 1 aromatic carbocycles. The summed E-state index contributed by atoms with van der Waals surface area (Å²) in [5.74, 6) is 0.121. The maximum atomic E-state index is 10.5. The number of hydrogen-bond acceptors (Lipinski definition) is 4. The molecule has 0 unspecified atom stereocenters. The van der Waals surface area contributed by atoms with E-state index in [1.807, 2.05) is 24.3 Å². The van der Waals surface area contributed by atoms with Crippen LogP contribution < -0.4 is 0 Å². The van der Waals surface area contributed by atoms with Crippen molar-refractivity contribution in [1.29, 1.82) is 0 Å². The molecule has 6 heteroatoms. The maximum absolute atomic E-state index is 10.5. The van der Waals surface area contributed by atoms with Crippen LogP contribution in [-0.4, -0.2) is 33.4 Å². The summed E-state index contributed by atoms with van der Waals surface area (Å²) in [6, 6.07) is 9.32. The second-order valence-electron chi connectivity index (χ2n) is 5.01. The number of rotatable bonds is 5. The van der Waals surface area contributed by atoms with Gasteiger partial charge in [-0.3, -0.25) is 0 Å². The predicted octanol–water partition coefficient (Wildman–Crippen LogP) is 2.87. The first-order chi connectivity index (χ1) is 10.7. The van der Waals surface area contributed by atoms with Gasteiger partial charge in [0.2, 0.25) is 5.88 Å². The first kappa shape index (κ1) is 14.8. The van der Waals surface area contributed by atoms with E-state index < -0.39 is 0 Å². The lowest BCUT2D eigenvalue weighted by molar-refractivity contribution is 0.201. The van der Waals surface area contributed by atoms with Gasteiger partial charge >= 0.3 is 0 Å². The van der Waals surface area contributed by atoms with Crippen LogP contribution in [0, 0.1) is 0 Å². The van der Waals surface area contributed by atoms with Gasteiger partial charge in [-0.25, -0.2) is 4.98 Å². The summed E-state index contributed by atoms with van der Waals surface area (Å²) in [6.07, 6.45) is 2.81. The van der Waals surface area contributed by atoms with Crippen LogP contribution in [0.25, 0.3) is 5.65 Å². The monoisotopic (exact) mass is 317 g/mol. The number of aromatic nitrogens is 3. The SMILES string of the molecule is COCCc1nc2ccnn2c(O)c1Cc1ccc(Cl)cc1. The van der Waals surface area contributed by atoms with Crippen LogP contribution in [0.4, 0.5) is 0 Å². The van der Waals surface area contributed by atoms with E-state index in [2.05, 4.69) is 10.1 Å². The van der Waals surface area contributed by atoms with Crippen molar-refractivity contribution in [2.75, 3.05) is 13.7 Å². The number of methoxy groups -OCH3 is 1. The van der Waals surface area contributed by atoms with E-state index in [4.69, 9.17) is 16.3 Å². The highest BCUT2D eigenvalue weighted by Gasteiger charge is 2.15. The number of aromatic hydroxyl groups is 1. The fraction of sp³-hybridized carbons (Fsp3) is 0.250. The van der Waals surface area contributed by atoms with Crippen molar-refractivity contribution in [3.63, 3.8) is 0 Å². The summed E-state index contributed by atoms with van der Waals surface area (Å²) in [5.41, 5.74) is 3.26. The third kappa shape index (κ3) is 2.91. The molecule has 0 radical (unpaired) electrons. The predicted molar refractivity (Wildman–Crippen MR) is 84.5 cm³/mol. The summed E-state index contributed by atoms with van der Waals surface area (Å²) < 4.78 is 6.58. The first-order valence-electron chi connectivity index (χ1n) is 6.97. The van der Waals surface area contributed by atoms with Crippen molar-refractivity contribution >= 4 is 17.2 Å². The smallest absolute Gasteiger partial charge is 0.219 e. The lowest BCUT2D eigenvalue weighted by Crippen LogP contribution is -2.07. The van der Waals surface area contributed by atoms with Gasteiger partial charge < -0.3 is 9.84 Å². The molecule has 0 spiro atoms. The van der Waals surface area contributed by atoms with Crippen LogP contribution in [0.1, 0.15) is 16.8 Å². The summed E-state index contributed by atoms with van der Waals surface area (Å²) in [6.45, 7) is 0.546. The van der Waals surface area contributed by atoms with E-state index in [-0.39, 0.29) is 5.88 Å². The third-order valence-electron chi connectivity index (χ3n) is 3.53. The van der Waals surface area contributed by atoms with Crippen molar-refractivity contribution in [1.82, 2.24) is 14.6 Å². The van der Waals surface area contributed by atoms with Gasteiger partial charge in [0.05, 0.1) is 18.5 Å². The molecule has 1 N–H and O–H groups in total. The quantitative estimate of drug-likeness (QED) is 0.786. The molecule has 0 aliphatic carbocycles. The molecule has 3 aromatic rings. The molecule has 22 heavy (non-hydrogen) atoms. The number of hydrogen-bond donors (Lipinski definition) is 1. The van der Waals surface area contributed by atoms with Crippen molar-refractivity contribution < 1.29 is 9.84 Å². The Kier molecular flexibility index (Phi) is 4.27. The van der Waals surface area contributed by atoms with Gasteiger partial charge in [0.1, 0.15) is 0 Å². The maximum Gasteiger partial charge on any atom is 0.219 e. The number of halogens is 1. The molecule has 0 bridgehead atoms. The van der Waals surface area contributed by atoms with E-state index in [1.165, 1.54) is 4.52 Å². The highest BCUT2D eigenvalue weighted by molar-refractivity contribution is 6.30. The molecule has 114 valence electrons. The Bertz CT molecular complexity index is 784. The van der Waals surface area contributed by atoms with E-state index in [0.717, 1.165) is 16.8 Å². The summed E-state index contributed by atoms with van der Waals surface area (Å²) >= 11 is 5.92. The Morgan fingerprint density at radius 2 is 2.00 bits per heavy atom. The van der Waals surface area contributed by atoms with Crippen molar-refractivity contribution in [3.05, 3.63) is 58.4 Å². The lowest BCUT2D eigenvalue weighted by atomic mass is 10.0. The third-order valence-corrected chi connectivity index (χ3v) is 3.78. The normalized spacial score (nSPS) is 11.2. The van der Waals surface area contributed by atoms with Gasteiger partial charge in [0, 0.05) is 36.6 Å². The van der Waals surface area contributed by atoms with Crippen LogP contribution in [0.5, 0.6) is 5.88 Å². The van der Waals surface area contributed by atoms with Crippen LogP contribution in [0.2, 0.25) is 5.02 Å². The molecular weight excluding hydrogens is 302 g/mol. The number of fused-ring (bicyclic) bond motifs is 1. The average Bonchev–Trinajstić information content (AvgIpc) is 2.99. The molecule has 0 saturated heterocycles. The van der Waals surface area contributed by atoms with Gasteiger partial charge in [-0.15, -0.1) is 0 Å². The Morgan fingerprint density at radius 1 is 1.23 bits per heavy atom. The van der Waals surface area contributed by atoms with Crippen molar-refractivity contribution in [2.45, 2.75) is 12.8 Å². The first-order valence-corrected chi connectivity index (χ1v) is 7.34. The molecule has 0 amide bonds. The fourth-order valence-corrected chi connectivity index (χ4v) is 2.53. The molecule has 0 saturated carbocycles. The molecule has 0 aliphatic heterocycles. The Hall–Kier alpha value is -2.11. The molecule has 5 nitrogen and oxygen atoms in total. The minimum Gasteiger partial charge on any atom is -0.493 e. The molecule has 2 heterocycles. The molecular formula is C16H16ClN3O2. The van der Waals surface area contributed by atoms with E-state index in [9.17, 15) is 5.11 Å². The molecule has 3 rings (SSSR count). The summed E-state index contributed by atoms with van der Waals surface area (Å²) in [4.78, 5) is 4.58. The van der Waals surface area contributed by atoms with E-state index in [0.29, 0.717) is 30.1 Å². The molecule has 2 aromatic heterocycles. The Morgan fingerprint density at radius 3 is 2.73 bits per heavy atom. The summed E-state index contributed by atoms with van der Waals surface area (Å²) in [5, 5.41) is 15.3. The zero-order valence-electron chi connectivity index (χ0n) is 12.2. The zero-order valence-corrected chi connectivity index (χ0v) is 12.9. The van der Waals surface area contributed by atoms with Crippen LogP contribution in [0.15, 0.2) is 36.5 Å². The second kappa shape index (κ2) is 6.34. The minimum absolute atomic E-state index is 0.121. The van der Waals surface area contributed by atoms with Crippen molar-refractivity contribution in [3.8, 4) is 5.88 Å². The van der Waals surface area contributed by atoms with Crippen LogP contribution >= 0.6 is 11.6 Å². The van der Waals surface area contributed by atoms with E-state index >= 15 is 0 Å². The molecule has 0 aliphatic rings. The van der Waals surface area contributed by atoms with Gasteiger partial charge in [0.25, 0.3) is 0 Å². The van der Waals surface area contributed by atoms with Crippen LogP contribution in [0.3, 0.4) is 0 Å². The topological polar surface area (TPSA) is 59.7 Å². The van der Waals surface area contributed by atoms with Crippen LogP contribution in [-0.2, 0) is 17.6 Å². The highest BCUT2D eigenvalue weighted by Crippen LogP contribution is 2.25. The number of nitrogens with zero attached hydrogens (tertiary/aromatic N) is 3. The van der Waals surface area contributed by atoms with E-state index in [1.54, 1.807) is 19.4 Å². The highest BCUT2D eigenvalue weighted by atomic mass is 35.5. The fourth-order valence-electron chi connectivity index (χ4n) is 2.40. The second-order valence-corrected chi connectivity index (χ2v) is 5.44. The number of ether oxygens (including phenoxy) is 1. The minimum atomic E-state index is 0.121. The van der Waals surface area contributed by atoms with Gasteiger partial charge in [0.15, 0.2) is 5.65 Å². The standard InChI is InChI=1S/C16H16ClN3O2/c1-22-9-7-14-13(10-11-2-4-12(17)5-3-11)16(21)20-15(19-14)6-8-18-20/h2-6,8,21H,7,9-10H2,1H3. The average molecular weight is 318 g/mol. The zero-order chi connectivity index (χ0) is 15.5. The van der Waals surface area contributed by atoms with Crippen molar-refractivity contribution in [2.24, 2.45) is 0 Å². The number of benzene rings is 1. The molecule has 0 fully saturated rings. The van der Waals surface area contributed by atoms with Gasteiger partial charge in [-0.1, -0.05) is 23.7 Å². The Labute approximate surface area is 133 Å². The molecule has 0 atom stereocenters. The van der Waals surface area contributed by atoms with Gasteiger partial charge in [-0.2, -0.15) is 9.61 Å². The lowest BCUT2D eigenvalue weighted by Gasteiger charge is -2.12. The summed E-state index contributed by atoms with van der Waals surface area (Å²) in [7, 11) is 1.65.